The molecule has 7 heteroatoms. The number of sulfonamides is 1. The third kappa shape index (κ3) is 4.70. The average molecular weight is 338 g/mol. The monoisotopic (exact) mass is 337 g/mol. The van der Waals surface area contributed by atoms with Crippen LogP contribution in [0.15, 0.2) is 17.6 Å². The lowest BCUT2D eigenvalue weighted by Crippen LogP contribution is -2.30. The van der Waals surface area contributed by atoms with Gasteiger partial charge in [-0.15, -0.1) is 0 Å². The molecule has 1 unspecified atom stereocenters. The molecule has 0 amide bonds. The number of aromatic nitrogens is 2. The minimum absolute atomic E-state index is 0.0774. The lowest BCUT2D eigenvalue weighted by Gasteiger charge is -2.12. The Hall–Kier alpha value is -0.400. The maximum absolute atomic E-state index is 11.9. The van der Waals surface area contributed by atoms with Crippen LogP contribution < -0.4 is 4.72 Å². The molecule has 0 aliphatic heterocycles. The van der Waals surface area contributed by atoms with Gasteiger partial charge < -0.3 is 4.57 Å². The van der Waals surface area contributed by atoms with Crippen molar-refractivity contribution in [3.8, 4) is 0 Å². The zero-order valence-corrected chi connectivity index (χ0v) is 13.3. The number of halogens is 1. The van der Waals surface area contributed by atoms with E-state index in [2.05, 4.69) is 39.5 Å². The number of rotatable bonds is 7. The van der Waals surface area contributed by atoms with Crippen LogP contribution in [0.4, 0.5) is 0 Å². The molecule has 104 valence electrons. The van der Waals surface area contributed by atoms with Crippen molar-refractivity contribution in [1.29, 1.82) is 0 Å². The summed E-state index contributed by atoms with van der Waals surface area (Å²) in [6, 6.07) is 0. The minimum atomic E-state index is -3.49. The van der Waals surface area contributed by atoms with Crippen molar-refractivity contribution in [2.75, 3.05) is 6.54 Å². The van der Waals surface area contributed by atoms with Gasteiger partial charge in [0, 0.05) is 24.1 Å². The summed E-state index contributed by atoms with van der Waals surface area (Å²) in [4.78, 5) is 4.03. The number of hydrogen-bond acceptors (Lipinski definition) is 3. The van der Waals surface area contributed by atoms with Gasteiger partial charge >= 0.3 is 0 Å². The van der Waals surface area contributed by atoms with Gasteiger partial charge in [0.05, 0.1) is 6.33 Å². The number of aryl methyl sites for hydroxylation is 1. The quantitative estimate of drug-likeness (QED) is 0.774. The third-order valence-electron chi connectivity index (χ3n) is 2.47. The van der Waals surface area contributed by atoms with Crippen LogP contribution >= 0.6 is 15.9 Å². The Morgan fingerprint density at radius 1 is 1.50 bits per heavy atom. The van der Waals surface area contributed by atoms with Crippen LogP contribution in [0.3, 0.4) is 0 Å². The van der Waals surface area contributed by atoms with E-state index in [-0.39, 0.29) is 9.85 Å². The normalized spacial score (nSPS) is 14.1. The molecule has 0 spiro atoms. The molecule has 1 aromatic heterocycles. The summed E-state index contributed by atoms with van der Waals surface area (Å²) in [5.41, 5.74) is 0. The van der Waals surface area contributed by atoms with Crippen molar-refractivity contribution >= 4 is 26.0 Å². The van der Waals surface area contributed by atoms with Crippen LogP contribution in [0.25, 0.3) is 0 Å². The zero-order chi connectivity index (χ0) is 13.8. The molecule has 5 nitrogen and oxygen atoms in total. The fourth-order valence-corrected chi connectivity index (χ4v) is 3.67. The third-order valence-corrected chi connectivity index (χ3v) is 4.48. The van der Waals surface area contributed by atoms with E-state index >= 15 is 0 Å². The Morgan fingerprint density at radius 3 is 2.67 bits per heavy atom. The van der Waals surface area contributed by atoms with E-state index in [1.165, 1.54) is 12.5 Å². The Kier molecular flexibility index (Phi) is 5.81. The molecule has 0 aliphatic rings. The van der Waals surface area contributed by atoms with Crippen LogP contribution in [0, 0.1) is 5.92 Å². The van der Waals surface area contributed by atoms with Gasteiger partial charge in [-0.05, 0) is 19.3 Å². The average Bonchev–Trinajstić information content (AvgIpc) is 2.75. The molecule has 18 heavy (non-hydrogen) atoms. The molecule has 0 radical (unpaired) electrons. The van der Waals surface area contributed by atoms with Gasteiger partial charge in [0.25, 0.3) is 10.0 Å². The van der Waals surface area contributed by atoms with Crippen molar-refractivity contribution in [3.05, 3.63) is 12.5 Å². The highest BCUT2D eigenvalue weighted by Crippen LogP contribution is 2.13. The molecule has 1 atom stereocenters. The molecule has 1 rings (SSSR count). The summed E-state index contributed by atoms with van der Waals surface area (Å²) in [5.74, 6) is 0.526. The second-order valence-electron chi connectivity index (χ2n) is 4.62. The summed E-state index contributed by atoms with van der Waals surface area (Å²) in [6.45, 7) is 7.22. The van der Waals surface area contributed by atoms with Crippen molar-refractivity contribution in [2.24, 2.45) is 5.92 Å². The predicted octanol–water partition coefficient (Wildman–Crippen LogP) is 1.99. The summed E-state index contributed by atoms with van der Waals surface area (Å²) in [7, 11) is -3.49. The first-order valence-electron chi connectivity index (χ1n) is 6.00. The van der Waals surface area contributed by atoms with E-state index in [4.69, 9.17) is 0 Å². The number of nitrogens with one attached hydrogen (secondary N) is 1. The fourth-order valence-electron chi connectivity index (χ4n) is 1.52. The van der Waals surface area contributed by atoms with Crippen molar-refractivity contribution in [2.45, 2.75) is 43.6 Å². The number of imidazole rings is 1. The first kappa shape index (κ1) is 15.7. The van der Waals surface area contributed by atoms with Crippen molar-refractivity contribution in [3.63, 3.8) is 0 Å². The highest BCUT2D eigenvalue weighted by Gasteiger charge is 2.18. The van der Waals surface area contributed by atoms with Gasteiger partial charge in [0.1, 0.15) is 0 Å². The molecule has 1 heterocycles. The molecular formula is C11H20BrN3O2S. The van der Waals surface area contributed by atoms with E-state index < -0.39 is 10.0 Å². The fraction of sp³-hybridized carbons (Fsp3) is 0.727. The van der Waals surface area contributed by atoms with E-state index in [1.54, 1.807) is 4.57 Å². The molecule has 0 aromatic carbocycles. The molecule has 0 saturated heterocycles. The van der Waals surface area contributed by atoms with Gasteiger partial charge in [0.15, 0.2) is 5.03 Å². The maximum atomic E-state index is 11.9. The van der Waals surface area contributed by atoms with Gasteiger partial charge in [-0.2, -0.15) is 0 Å². The lowest BCUT2D eigenvalue weighted by atomic mass is 10.1. The highest BCUT2D eigenvalue weighted by molar-refractivity contribution is 9.09. The molecule has 1 aromatic rings. The lowest BCUT2D eigenvalue weighted by molar-refractivity contribution is 0.550. The molecule has 0 fully saturated rings. The molecule has 1 N–H and O–H groups in total. The van der Waals surface area contributed by atoms with Crippen molar-refractivity contribution < 1.29 is 8.42 Å². The smallest absolute Gasteiger partial charge is 0.259 e. The Morgan fingerprint density at radius 2 is 2.17 bits per heavy atom. The SMILES string of the molecule is CCn1cnc(S(=O)(=O)NCC(Br)CC(C)C)c1. The van der Waals surface area contributed by atoms with Gasteiger partial charge in [-0.1, -0.05) is 29.8 Å². The number of alkyl halides is 1. The number of nitrogens with zero attached hydrogens (tertiary/aromatic N) is 2. The summed E-state index contributed by atoms with van der Waals surface area (Å²) in [6.07, 6.45) is 3.98. The van der Waals surface area contributed by atoms with Crippen LogP contribution in [0.5, 0.6) is 0 Å². The van der Waals surface area contributed by atoms with E-state index in [0.29, 0.717) is 19.0 Å². The van der Waals surface area contributed by atoms with Gasteiger partial charge in [0.2, 0.25) is 0 Å². The van der Waals surface area contributed by atoms with E-state index in [0.717, 1.165) is 6.42 Å². The van der Waals surface area contributed by atoms with Crippen LogP contribution in [0.2, 0.25) is 0 Å². The van der Waals surface area contributed by atoms with Crippen LogP contribution in [-0.2, 0) is 16.6 Å². The standard InChI is InChI=1S/C11H20BrN3O2S/c1-4-15-7-11(13-8-15)18(16,17)14-6-10(12)5-9(2)3/h7-10,14H,4-6H2,1-3H3. The second-order valence-corrected chi connectivity index (χ2v) is 7.63. The summed E-state index contributed by atoms with van der Waals surface area (Å²) < 4.78 is 28.2. The van der Waals surface area contributed by atoms with Crippen LogP contribution in [0.1, 0.15) is 27.2 Å². The van der Waals surface area contributed by atoms with E-state index in [9.17, 15) is 8.42 Å². The first-order valence-corrected chi connectivity index (χ1v) is 8.40. The first-order chi connectivity index (χ1) is 8.35. The zero-order valence-electron chi connectivity index (χ0n) is 10.9. The molecule has 0 aliphatic carbocycles. The molecule has 0 saturated carbocycles. The van der Waals surface area contributed by atoms with Gasteiger partial charge in [-0.25, -0.2) is 18.1 Å². The molecular weight excluding hydrogens is 318 g/mol. The Bertz CT molecular complexity index is 470. The predicted molar refractivity (Wildman–Crippen MR) is 75.3 cm³/mol. The van der Waals surface area contributed by atoms with Crippen molar-refractivity contribution in [1.82, 2.24) is 14.3 Å². The van der Waals surface area contributed by atoms with Crippen LogP contribution in [-0.4, -0.2) is 29.3 Å². The maximum Gasteiger partial charge on any atom is 0.259 e. The largest absolute Gasteiger partial charge is 0.336 e. The molecule has 0 bridgehead atoms. The summed E-state index contributed by atoms with van der Waals surface area (Å²) >= 11 is 3.47. The summed E-state index contributed by atoms with van der Waals surface area (Å²) in [5, 5.41) is 0.0774. The topological polar surface area (TPSA) is 64.0 Å². The highest BCUT2D eigenvalue weighted by atomic mass is 79.9. The second kappa shape index (κ2) is 6.68. The minimum Gasteiger partial charge on any atom is -0.336 e. The van der Waals surface area contributed by atoms with Gasteiger partial charge in [-0.3, -0.25) is 0 Å². The van der Waals surface area contributed by atoms with E-state index in [1.807, 2.05) is 6.92 Å². The Labute approximate surface area is 117 Å². The number of hydrogen-bond donors (Lipinski definition) is 1. The Balaban J connectivity index is 2.59.